The van der Waals surface area contributed by atoms with Gasteiger partial charge in [-0.3, -0.25) is 4.98 Å². The van der Waals surface area contributed by atoms with E-state index in [1.807, 2.05) is 26.1 Å². The number of benzene rings is 1. The molecule has 100 valence electrons. The molecule has 1 atom stereocenters. The van der Waals surface area contributed by atoms with Crippen molar-refractivity contribution in [1.82, 2.24) is 10.3 Å². The predicted octanol–water partition coefficient (Wildman–Crippen LogP) is 3.95. The van der Waals surface area contributed by atoms with Crippen molar-refractivity contribution in [2.24, 2.45) is 0 Å². The summed E-state index contributed by atoms with van der Waals surface area (Å²) in [6, 6.07) is 8.08. The Morgan fingerprint density at radius 1 is 1.26 bits per heavy atom. The molecule has 0 amide bonds. The molecule has 1 aromatic carbocycles. The summed E-state index contributed by atoms with van der Waals surface area (Å²) in [5, 5.41) is 3.13. The van der Waals surface area contributed by atoms with Gasteiger partial charge in [-0.2, -0.15) is 0 Å². The molecule has 5 heteroatoms. The summed E-state index contributed by atoms with van der Waals surface area (Å²) >= 11 is 5.69. The van der Waals surface area contributed by atoms with E-state index in [-0.39, 0.29) is 11.1 Å². The lowest BCUT2D eigenvalue weighted by molar-refractivity contribution is 0.476. The fourth-order valence-corrected chi connectivity index (χ4v) is 1.70. The molecule has 0 saturated carbocycles. The van der Waals surface area contributed by atoms with Gasteiger partial charge in [0.15, 0.2) is 0 Å². The molecule has 0 aliphatic heterocycles. The van der Waals surface area contributed by atoms with E-state index in [4.69, 9.17) is 16.3 Å². The van der Waals surface area contributed by atoms with Gasteiger partial charge in [0.25, 0.3) is 0 Å². The Hall–Kier alpha value is -1.65. The first-order valence-corrected chi connectivity index (χ1v) is 6.24. The molecule has 0 fully saturated rings. The number of hydrogen-bond acceptors (Lipinski definition) is 3. The van der Waals surface area contributed by atoms with E-state index < -0.39 is 5.82 Å². The average Bonchev–Trinajstić information content (AvgIpc) is 2.43. The maximum atomic E-state index is 13.0. The number of nitrogens with one attached hydrogen (secondary N) is 1. The molecular weight excluding hydrogens is 267 g/mol. The van der Waals surface area contributed by atoms with Crippen LogP contribution in [0.4, 0.5) is 4.39 Å². The van der Waals surface area contributed by atoms with E-state index in [1.54, 1.807) is 6.20 Å². The first-order chi connectivity index (χ1) is 9.10. The SMILES string of the molecule is CNC(C)c1ccc(Oc2ccc(F)c(Cl)c2)cn1. The summed E-state index contributed by atoms with van der Waals surface area (Å²) in [6.07, 6.45) is 1.63. The highest BCUT2D eigenvalue weighted by Gasteiger charge is 2.06. The smallest absolute Gasteiger partial charge is 0.145 e. The van der Waals surface area contributed by atoms with Crippen molar-refractivity contribution in [3.63, 3.8) is 0 Å². The normalized spacial score (nSPS) is 12.2. The lowest BCUT2D eigenvalue weighted by Gasteiger charge is -2.10. The van der Waals surface area contributed by atoms with Gasteiger partial charge < -0.3 is 10.1 Å². The molecule has 0 aliphatic rings. The van der Waals surface area contributed by atoms with E-state index in [2.05, 4.69) is 10.3 Å². The molecule has 2 aromatic rings. The number of hydrogen-bond donors (Lipinski definition) is 1. The van der Waals surface area contributed by atoms with Crippen LogP contribution >= 0.6 is 11.6 Å². The second-order valence-corrected chi connectivity index (χ2v) is 4.51. The van der Waals surface area contributed by atoms with Crippen LogP contribution in [0.25, 0.3) is 0 Å². The topological polar surface area (TPSA) is 34.1 Å². The molecule has 1 unspecified atom stereocenters. The van der Waals surface area contributed by atoms with Crippen molar-refractivity contribution < 1.29 is 9.13 Å². The van der Waals surface area contributed by atoms with Gasteiger partial charge in [-0.25, -0.2) is 4.39 Å². The minimum Gasteiger partial charge on any atom is -0.456 e. The molecule has 1 heterocycles. The zero-order chi connectivity index (χ0) is 13.8. The quantitative estimate of drug-likeness (QED) is 0.921. The Morgan fingerprint density at radius 2 is 2.00 bits per heavy atom. The summed E-state index contributed by atoms with van der Waals surface area (Å²) in [4.78, 5) is 4.29. The van der Waals surface area contributed by atoms with Crippen LogP contribution in [0.5, 0.6) is 11.5 Å². The van der Waals surface area contributed by atoms with Gasteiger partial charge in [0, 0.05) is 12.1 Å². The Morgan fingerprint density at radius 3 is 2.58 bits per heavy atom. The molecular formula is C14H14ClFN2O. The third-order valence-electron chi connectivity index (χ3n) is 2.76. The lowest BCUT2D eigenvalue weighted by atomic mass is 10.2. The van der Waals surface area contributed by atoms with Crippen LogP contribution in [0.3, 0.4) is 0 Å². The molecule has 1 N–H and O–H groups in total. The molecule has 0 radical (unpaired) electrons. The van der Waals surface area contributed by atoms with Crippen molar-refractivity contribution in [2.75, 3.05) is 7.05 Å². The Labute approximate surface area is 116 Å². The Kier molecular flexibility index (Phi) is 4.35. The fraction of sp³-hybridized carbons (Fsp3) is 0.214. The number of aromatic nitrogens is 1. The first kappa shape index (κ1) is 13.8. The Balaban J connectivity index is 2.12. The molecule has 3 nitrogen and oxygen atoms in total. The Bertz CT molecular complexity index is 560. The van der Waals surface area contributed by atoms with Crippen LogP contribution in [-0.4, -0.2) is 12.0 Å². The first-order valence-electron chi connectivity index (χ1n) is 5.86. The van der Waals surface area contributed by atoms with Crippen molar-refractivity contribution in [3.05, 3.63) is 53.1 Å². The second kappa shape index (κ2) is 5.99. The highest BCUT2D eigenvalue weighted by molar-refractivity contribution is 6.30. The monoisotopic (exact) mass is 280 g/mol. The molecule has 2 rings (SSSR count). The number of halogens is 2. The van der Waals surface area contributed by atoms with Crippen molar-refractivity contribution in [3.8, 4) is 11.5 Å². The van der Waals surface area contributed by atoms with Crippen molar-refractivity contribution in [1.29, 1.82) is 0 Å². The highest BCUT2D eigenvalue weighted by atomic mass is 35.5. The standard InChI is InChI=1S/C14H14ClFN2O/c1-9(17-2)14-6-4-11(8-18-14)19-10-3-5-13(16)12(15)7-10/h3-9,17H,1-2H3. The van der Waals surface area contributed by atoms with Crippen molar-refractivity contribution in [2.45, 2.75) is 13.0 Å². The van der Waals surface area contributed by atoms with E-state index >= 15 is 0 Å². The molecule has 0 aliphatic carbocycles. The molecule has 0 bridgehead atoms. The predicted molar refractivity (Wildman–Crippen MR) is 73.2 cm³/mol. The minimum atomic E-state index is -0.467. The molecule has 0 saturated heterocycles. The number of pyridine rings is 1. The number of ether oxygens (including phenoxy) is 1. The zero-order valence-corrected chi connectivity index (χ0v) is 11.4. The van der Waals surface area contributed by atoms with E-state index in [0.29, 0.717) is 11.5 Å². The van der Waals surface area contributed by atoms with Gasteiger partial charge in [0.2, 0.25) is 0 Å². The van der Waals surface area contributed by atoms with Gasteiger partial charge in [0.1, 0.15) is 17.3 Å². The summed E-state index contributed by atoms with van der Waals surface area (Å²) < 4.78 is 18.6. The maximum Gasteiger partial charge on any atom is 0.145 e. The van der Waals surface area contributed by atoms with Gasteiger partial charge in [-0.05, 0) is 38.2 Å². The van der Waals surface area contributed by atoms with E-state index in [1.165, 1.54) is 18.2 Å². The molecule has 1 aromatic heterocycles. The average molecular weight is 281 g/mol. The summed E-state index contributed by atoms with van der Waals surface area (Å²) in [6.45, 7) is 2.02. The minimum absolute atomic E-state index is 0.0332. The van der Waals surface area contributed by atoms with Crippen molar-refractivity contribution >= 4 is 11.6 Å². The number of rotatable bonds is 4. The van der Waals surface area contributed by atoms with Gasteiger partial charge in [-0.1, -0.05) is 11.6 Å². The van der Waals surface area contributed by atoms with Gasteiger partial charge in [-0.15, -0.1) is 0 Å². The van der Waals surface area contributed by atoms with Crippen LogP contribution in [0.2, 0.25) is 5.02 Å². The van der Waals surface area contributed by atoms with E-state index in [9.17, 15) is 4.39 Å². The van der Waals surface area contributed by atoms with Crippen LogP contribution in [0.1, 0.15) is 18.7 Å². The third kappa shape index (κ3) is 3.43. The van der Waals surface area contributed by atoms with Crippen LogP contribution in [-0.2, 0) is 0 Å². The third-order valence-corrected chi connectivity index (χ3v) is 3.05. The number of nitrogens with zero attached hydrogens (tertiary/aromatic N) is 1. The largest absolute Gasteiger partial charge is 0.456 e. The summed E-state index contributed by atoms with van der Waals surface area (Å²) in [7, 11) is 1.87. The van der Waals surface area contributed by atoms with Crippen LogP contribution < -0.4 is 10.1 Å². The zero-order valence-electron chi connectivity index (χ0n) is 10.7. The fourth-order valence-electron chi connectivity index (χ4n) is 1.53. The lowest BCUT2D eigenvalue weighted by Crippen LogP contribution is -2.13. The van der Waals surface area contributed by atoms with Gasteiger partial charge >= 0.3 is 0 Å². The summed E-state index contributed by atoms with van der Waals surface area (Å²) in [5.74, 6) is 0.586. The summed E-state index contributed by atoms with van der Waals surface area (Å²) in [5.41, 5.74) is 0.923. The maximum absolute atomic E-state index is 13.0. The molecule has 19 heavy (non-hydrogen) atoms. The van der Waals surface area contributed by atoms with Gasteiger partial charge in [0.05, 0.1) is 16.9 Å². The molecule has 0 spiro atoms. The second-order valence-electron chi connectivity index (χ2n) is 4.11. The van der Waals surface area contributed by atoms with Crippen LogP contribution in [0.15, 0.2) is 36.5 Å². The highest BCUT2D eigenvalue weighted by Crippen LogP contribution is 2.26. The van der Waals surface area contributed by atoms with E-state index in [0.717, 1.165) is 5.69 Å². The van der Waals surface area contributed by atoms with Crippen LogP contribution in [0, 0.1) is 5.82 Å².